The fourth-order valence-electron chi connectivity index (χ4n) is 11.3. The van der Waals surface area contributed by atoms with Crippen molar-refractivity contribution in [1.82, 2.24) is 40.2 Å². The minimum atomic E-state index is -4.45. The summed E-state index contributed by atoms with van der Waals surface area (Å²) < 4.78 is 51.8. The highest BCUT2D eigenvalue weighted by Gasteiger charge is 2.56. The number of benzene rings is 3. The number of amides is 3. The maximum absolute atomic E-state index is 13.6. The maximum Gasteiger partial charge on any atom is 0.300 e. The minimum absolute atomic E-state index is 0.00884. The molecular formula is C58H76N14O11S. The Morgan fingerprint density at radius 2 is 1.68 bits per heavy atom. The molecule has 2 heterocycles. The molecule has 84 heavy (non-hydrogen) atoms. The van der Waals surface area contributed by atoms with Crippen molar-refractivity contribution in [3.05, 3.63) is 109 Å². The first-order valence-electron chi connectivity index (χ1n) is 28.5. The first-order valence-corrected chi connectivity index (χ1v) is 29.9. The number of nitrogens with one attached hydrogen (secondary N) is 3. The average Bonchev–Trinajstić information content (AvgIpc) is 0.977. The molecule has 1 saturated carbocycles. The Labute approximate surface area is 489 Å². The van der Waals surface area contributed by atoms with E-state index in [-0.39, 0.29) is 75.9 Å². The number of hydrogen-bond donors (Lipinski definition) is 3. The third-order valence-electron chi connectivity index (χ3n) is 16.3. The van der Waals surface area contributed by atoms with E-state index >= 15 is 0 Å². The van der Waals surface area contributed by atoms with Crippen LogP contribution in [-0.4, -0.2) is 121 Å². The fourth-order valence-corrected chi connectivity index (χ4v) is 12.6. The highest BCUT2D eigenvalue weighted by atomic mass is 32.2. The highest BCUT2D eigenvalue weighted by molar-refractivity contribution is 7.89. The molecule has 450 valence electrons. The van der Waals surface area contributed by atoms with Crippen LogP contribution in [0.3, 0.4) is 0 Å². The number of unbranched alkanes of at least 4 members (excludes halogenated alkanes) is 6. The summed E-state index contributed by atoms with van der Waals surface area (Å²) in [6, 6.07) is 14.1. The van der Waals surface area contributed by atoms with Crippen molar-refractivity contribution in [1.29, 1.82) is 5.26 Å². The normalized spacial score (nSPS) is 16.1. The minimum Gasteiger partial charge on any atom is -0.496 e. The van der Waals surface area contributed by atoms with Crippen LogP contribution in [-0.2, 0) is 42.7 Å². The van der Waals surface area contributed by atoms with Crippen LogP contribution in [0.5, 0.6) is 11.5 Å². The van der Waals surface area contributed by atoms with Crippen molar-refractivity contribution in [2.45, 2.75) is 134 Å². The number of aromatic nitrogens is 5. The van der Waals surface area contributed by atoms with Crippen molar-refractivity contribution in [3.8, 4) is 17.6 Å². The zero-order valence-electron chi connectivity index (χ0n) is 48.7. The molecule has 0 aliphatic heterocycles. The number of methoxy groups -OCH3 is 2. The molecule has 26 heteroatoms. The smallest absolute Gasteiger partial charge is 0.300 e. The predicted octanol–water partition coefficient (Wildman–Crippen LogP) is 9.26. The maximum atomic E-state index is 13.6. The molecule has 25 nitrogen and oxygen atoms in total. The number of hydrogen-bond acceptors (Lipinski definition) is 18. The van der Waals surface area contributed by atoms with Gasteiger partial charge in [0.2, 0.25) is 17.3 Å². The summed E-state index contributed by atoms with van der Waals surface area (Å²) in [7, 11) is -1.02. The summed E-state index contributed by atoms with van der Waals surface area (Å²) in [5.41, 5.74) is 13.1. The van der Waals surface area contributed by atoms with E-state index < -0.39 is 33.3 Å². The number of rotatable bonds is 35. The van der Waals surface area contributed by atoms with E-state index in [1.165, 1.54) is 46.7 Å². The van der Waals surface area contributed by atoms with Gasteiger partial charge in [0.15, 0.2) is 5.52 Å². The van der Waals surface area contributed by atoms with Crippen molar-refractivity contribution in [2.24, 2.45) is 22.4 Å². The van der Waals surface area contributed by atoms with Crippen LogP contribution in [0.2, 0.25) is 0 Å². The van der Waals surface area contributed by atoms with Crippen LogP contribution in [0.25, 0.3) is 21.5 Å². The van der Waals surface area contributed by atoms with Crippen LogP contribution in [0.1, 0.15) is 138 Å². The van der Waals surface area contributed by atoms with Gasteiger partial charge in [-0.1, -0.05) is 81.8 Å². The Kier molecular flexibility index (Phi) is 22.2. The third kappa shape index (κ3) is 15.7. The molecule has 2 aromatic heterocycles. The Balaban J connectivity index is 0.794. The first kappa shape index (κ1) is 63.4. The molecule has 1 fully saturated rings. The molecule has 5 aromatic rings. The van der Waals surface area contributed by atoms with Crippen molar-refractivity contribution >= 4 is 50.2 Å². The third-order valence-corrected chi connectivity index (χ3v) is 18.0. The molecule has 3 aliphatic rings. The summed E-state index contributed by atoms with van der Waals surface area (Å²) >= 11 is 0. The summed E-state index contributed by atoms with van der Waals surface area (Å²) in [6.45, 7) is 11.0. The summed E-state index contributed by atoms with van der Waals surface area (Å²) in [5, 5.41) is 48.9. The number of fused-ring (bicyclic) bond motifs is 2. The molecule has 2 bridgehead atoms. The van der Waals surface area contributed by atoms with Gasteiger partial charge in [-0.05, 0) is 119 Å². The number of carbonyl (C=O) groups excluding carboxylic acids is 3. The molecule has 0 saturated heterocycles. The zero-order valence-corrected chi connectivity index (χ0v) is 49.5. The monoisotopic (exact) mass is 1180 g/mol. The molecule has 8 rings (SSSR count). The van der Waals surface area contributed by atoms with Crippen LogP contribution >= 0.6 is 0 Å². The van der Waals surface area contributed by atoms with Gasteiger partial charge in [-0.15, -0.1) is 5.10 Å². The second-order valence-corrected chi connectivity index (χ2v) is 24.3. The number of carbonyl (C=O) groups is 3. The quantitative estimate of drug-likeness (QED) is 0.00497. The molecule has 0 unspecified atom stereocenters. The van der Waals surface area contributed by atoms with E-state index in [0.29, 0.717) is 79.5 Å². The molecule has 3 aromatic carbocycles. The zero-order chi connectivity index (χ0) is 60.4. The van der Waals surface area contributed by atoms with Crippen molar-refractivity contribution in [2.75, 3.05) is 65.5 Å². The molecule has 0 radical (unpaired) electrons. The van der Waals surface area contributed by atoms with E-state index in [2.05, 4.69) is 97.1 Å². The highest BCUT2D eigenvalue weighted by Crippen LogP contribution is 2.65. The Bertz CT molecular complexity index is 3320. The van der Waals surface area contributed by atoms with Crippen LogP contribution in [0, 0.1) is 38.7 Å². The number of nitriles is 1. The number of anilines is 1. The number of ether oxygens (including phenoxy) is 3. The predicted molar refractivity (Wildman–Crippen MR) is 311 cm³/mol. The van der Waals surface area contributed by atoms with Gasteiger partial charge in [0.1, 0.15) is 18.0 Å². The topological polar surface area (TPSA) is 338 Å². The van der Waals surface area contributed by atoms with E-state index in [1.807, 2.05) is 0 Å². The number of allylic oxidation sites excluding steroid dienone is 1. The molecule has 3 aliphatic carbocycles. The molecule has 3 N–H and O–H groups in total. The number of nitro groups is 1. The van der Waals surface area contributed by atoms with Crippen molar-refractivity contribution < 1.29 is 46.6 Å². The molecule has 3 amide bonds. The summed E-state index contributed by atoms with van der Waals surface area (Å²) in [5.74, 6) is 1.23. The van der Waals surface area contributed by atoms with E-state index in [4.69, 9.17) is 19.7 Å². The summed E-state index contributed by atoms with van der Waals surface area (Å²) in [6.07, 6.45) is 13.1. The summed E-state index contributed by atoms with van der Waals surface area (Å²) in [4.78, 5) is 52.7. The van der Waals surface area contributed by atoms with Gasteiger partial charge in [-0.3, -0.25) is 24.5 Å². The Hall–Kier alpha value is -8.14. The largest absolute Gasteiger partial charge is 0.496 e. The van der Waals surface area contributed by atoms with Gasteiger partial charge in [-0.2, -0.15) is 5.26 Å². The Morgan fingerprint density at radius 3 is 2.38 bits per heavy atom. The lowest BCUT2D eigenvalue weighted by atomic mass is 9.45. The van der Waals surface area contributed by atoms with E-state index in [9.17, 15) is 38.2 Å². The number of nitro benzene ring substituents is 1. The molecular weight excluding hydrogens is 1100 g/mol. The van der Waals surface area contributed by atoms with Gasteiger partial charge in [0.25, 0.3) is 15.9 Å². The fraction of sp³-hybridized carbons (Fsp3) is 0.552. The van der Waals surface area contributed by atoms with Gasteiger partial charge in [0.05, 0.1) is 61.2 Å². The average molecular weight is 1180 g/mol. The van der Waals surface area contributed by atoms with Gasteiger partial charge < -0.3 is 30.2 Å². The number of nitrogens with zero attached hydrogens (tertiary/aromatic N) is 11. The molecule has 3 atom stereocenters. The number of aryl methyl sites for hydroxylation is 1. The molecule has 0 spiro atoms. The van der Waals surface area contributed by atoms with Gasteiger partial charge in [-0.25, -0.2) is 22.0 Å². The number of sulfonamides is 1. The van der Waals surface area contributed by atoms with Crippen LogP contribution < -0.4 is 25.4 Å². The van der Waals surface area contributed by atoms with Crippen LogP contribution in [0.15, 0.2) is 81.0 Å². The van der Waals surface area contributed by atoms with E-state index in [1.54, 1.807) is 26.5 Å². The lowest BCUT2D eigenvalue weighted by Gasteiger charge is -2.59. The standard InChI is InChI=1S/C58H76N14O11S/c1-57(2,24-12-8-10-14-27-64-68-60)41-34-49(80-5)53(50(35-41)81-6)44-33-40(45-36-46(44)58(45,3)4)37-63-51(73)15-11-7-9-13-26-62-56(75)39-16-19-43(20-17-39)84(78,79)71(29-25-59)52(74)23-18-42-38-70(69-65-42)30-32-82-31-28-61-47-21-22-48(72(76)77)55-54(47)66-83-67-55/h16-17,19-22,33-35,38,44-46,61H,7-15,18,23-24,26-32,36-37H2,1-6H3,(H,62,75)(H,63,73)/t44-,45+,46-/m0/s1. The first-order chi connectivity index (χ1) is 40.3. The van der Waals surface area contributed by atoms with Gasteiger partial charge >= 0.3 is 5.69 Å². The van der Waals surface area contributed by atoms with E-state index in [0.717, 1.165) is 74.0 Å². The van der Waals surface area contributed by atoms with Crippen molar-refractivity contribution in [3.63, 3.8) is 0 Å². The lowest BCUT2D eigenvalue weighted by molar-refractivity contribution is -0.383. The second kappa shape index (κ2) is 29.4. The van der Waals surface area contributed by atoms with Gasteiger partial charge in [0, 0.05) is 79.7 Å². The number of azide groups is 1. The lowest BCUT2D eigenvalue weighted by Crippen LogP contribution is -2.52. The van der Waals surface area contributed by atoms with Crippen LogP contribution in [0.4, 0.5) is 11.4 Å². The second-order valence-electron chi connectivity index (χ2n) is 22.4. The Morgan fingerprint density at radius 1 is 0.964 bits per heavy atom. The number of non-ortho nitro benzene ring substituents is 1. The SMILES string of the molecule is COc1cc(C(C)(C)CCCCCCN=[N+]=[N-])cc(OC)c1[C@H]1C=C(CNC(=O)CCCCCCNC(=O)c2ccc(S(=O)(=O)N(CC#N)C(=O)CCc3cn(CCOCCNc4ccc([N+](=O)[O-])c5nonc45)nn3)cc2)[C@H]2C[C@@H]1C2(C)C.